The lowest BCUT2D eigenvalue weighted by molar-refractivity contribution is 0.267. The molecule has 0 aromatic heterocycles. The Balaban J connectivity index is 0.000000570. The van der Waals surface area contributed by atoms with Crippen LogP contribution in [0.25, 0.3) is 0 Å². The predicted molar refractivity (Wildman–Crippen MR) is 222 cm³/mol. The van der Waals surface area contributed by atoms with Gasteiger partial charge in [-0.25, -0.2) is 0 Å². The molecule has 3 aliphatic carbocycles. The van der Waals surface area contributed by atoms with E-state index in [4.69, 9.17) is 0 Å². The summed E-state index contributed by atoms with van der Waals surface area (Å²) >= 11 is 0. The van der Waals surface area contributed by atoms with E-state index in [1.165, 1.54) is 80.7 Å². The van der Waals surface area contributed by atoms with Gasteiger partial charge in [0.2, 0.25) is 0 Å². The van der Waals surface area contributed by atoms with Crippen LogP contribution in [0.3, 0.4) is 0 Å². The molecule has 0 bridgehead atoms. The van der Waals surface area contributed by atoms with E-state index in [1.54, 1.807) is 11.1 Å². The molecule has 3 saturated heterocycles. The summed E-state index contributed by atoms with van der Waals surface area (Å²) in [5.41, 5.74) is 9.82. The lowest BCUT2D eigenvalue weighted by Crippen LogP contribution is -2.27. The highest BCUT2D eigenvalue weighted by molar-refractivity contribution is 5.48. The minimum atomic E-state index is 0.329. The van der Waals surface area contributed by atoms with E-state index < -0.39 is 0 Å². The molecule has 0 amide bonds. The molecule has 3 heterocycles. The first kappa shape index (κ1) is 35.2. The van der Waals surface area contributed by atoms with Gasteiger partial charge in [0, 0.05) is 58.9 Å². The molecule has 6 aliphatic rings. The van der Waals surface area contributed by atoms with Gasteiger partial charge in [0.05, 0.1) is 0 Å². The van der Waals surface area contributed by atoms with Gasteiger partial charge in [0.1, 0.15) is 5.75 Å². The van der Waals surface area contributed by atoms with E-state index in [1.807, 2.05) is 36.4 Å². The summed E-state index contributed by atoms with van der Waals surface area (Å²) in [6.07, 6.45) is 7.40. The van der Waals surface area contributed by atoms with Gasteiger partial charge in [0.15, 0.2) is 0 Å². The smallest absolute Gasteiger partial charge is 0.119 e. The molecule has 0 radical (unpaired) electrons. The van der Waals surface area contributed by atoms with Crippen LogP contribution < -0.4 is 0 Å². The van der Waals surface area contributed by atoms with Crippen LogP contribution >= 0.6 is 0 Å². The molecular formula is C51H57N3O. The molecule has 5 aromatic rings. The van der Waals surface area contributed by atoms with Gasteiger partial charge in [-0.15, -0.1) is 0 Å². The van der Waals surface area contributed by atoms with Crippen molar-refractivity contribution in [1.29, 1.82) is 0 Å². The number of phenolic OH excluding ortho intramolecular Hbond substituents is 1. The van der Waals surface area contributed by atoms with Crippen LogP contribution in [-0.2, 0) is 38.9 Å². The molecule has 5 aromatic carbocycles. The molecular weight excluding hydrogens is 671 g/mol. The number of fused-ring (bicyclic) bond motifs is 3. The Hall–Kier alpha value is -4.22. The van der Waals surface area contributed by atoms with Crippen molar-refractivity contribution in [2.24, 2.45) is 34.0 Å². The van der Waals surface area contributed by atoms with E-state index in [-0.39, 0.29) is 0 Å². The Kier molecular flexibility index (Phi) is 9.20. The van der Waals surface area contributed by atoms with Crippen molar-refractivity contribution in [3.63, 3.8) is 0 Å². The van der Waals surface area contributed by atoms with E-state index in [9.17, 15) is 5.11 Å². The van der Waals surface area contributed by atoms with Gasteiger partial charge in [-0.3, -0.25) is 14.7 Å². The molecule has 4 heteroatoms. The zero-order valence-electron chi connectivity index (χ0n) is 32.4. The average molecular weight is 728 g/mol. The number of nitrogens with zero attached hydrogens (tertiary/aromatic N) is 3. The molecule has 3 saturated carbocycles. The Morgan fingerprint density at radius 1 is 0.418 bits per heavy atom. The van der Waals surface area contributed by atoms with Crippen molar-refractivity contribution in [2.45, 2.75) is 58.2 Å². The van der Waals surface area contributed by atoms with Gasteiger partial charge >= 0.3 is 0 Å². The first-order chi connectivity index (χ1) is 27.0. The second kappa shape index (κ2) is 14.4. The van der Waals surface area contributed by atoms with Crippen LogP contribution in [-0.4, -0.2) is 59.1 Å². The average Bonchev–Trinajstić information content (AvgIpc) is 4.11. The molecule has 11 rings (SSSR count). The summed E-state index contributed by atoms with van der Waals surface area (Å²) in [7, 11) is 0. The Bertz CT molecular complexity index is 2050. The molecule has 3 aliphatic heterocycles. The lowest BCUT2D eigenvalue weighted by Gasteiger charge is -2.27. The largest absolute Gasteiger partial charge is 0.508 e. The first-order valence-corrected chi connectivity index (χ1v) is 21.1. The summed E-state index contributed by atoms with van der Waals surface area (Å²) in [4.78, 5) is 8.12. The van der Waals surface area contributed by atoms with Crippen LogP contribution in [0.5, 0.6) is 5.75 Å². The predicted octanol–water partition coefficient (Wildman–Crippen LogP) is 9.27. The highest BCUT2D eigenvalue weighted by Crippen LogP contribution is 2.64. The van der Waals surface area contributed by atoms with Crippen molar-refractivity contribution in [1.82, 2.24) is 14.7 Å². The third kappa shape index (κ3) is 7.42. The molecule has 55 heavy (non-hydrogen) atoms. The summed E-state index contributed by atoms with van der Waals surface area (Å²) in [6, 6.07) is 49.5. The van der Waals surface area contributed by atoms with Crippen LogP contribution in [0.2, 0.25) is 0 Å². The number of hydrogen-bond donors (Lipinski definition) is 1. The highest BCUT2D eigenvalue weighted by atomic mass is 16.3. The van der Waals surface area contributed by atoms with Gasteiger partial charge in [-0.1, -0.05) is 133 Å². The molecule has 6 atom stereocenters. The topological polar surface area (TPSA) is 30.0 Å². The van der Waals surface area contributed by atoms with Crippen LogP contribution in [0.4, 0.5) is 0 Å². The summed E-state index contributed by atoms with van der Waals surface area (Å²) in [5, 5.41) is 11.7. The van der Waals surface area contributed by atoms with Crippen LogP contribution in [0.1, 0.15) is 52.6 Å². The second-order valence-electron chi connectivity index (χ2n) is 18.6. The van der Waals surface area contributed by atoms with Gasteiger partial charge in [-0.05, 0) is 112 Å². The maximum absolute atomic E-state index is 11.7. The second-order valence-corrected chi connectivity index (χ2v) is 18.6. The number of aromatic hydroxyl groups is 1. The van der Waals surface area contributed by atoms with E-state index >= 15 is 0 Å². The van der Waals surface area contributed by atoms with Crippen molar-refractivity contribution >= 4 is 0 Å². The summed E-state index contributed by atoms with van der Waals surface area (Å²) in [6.45, 7) is 10.4. The molecule has 6 fully saturated rings. The summed E-state index contributed by atoms with van der Waals surface area (Å²) in [5.74, 6) is 2.93. The molecule has 1 N–H and O–H groups in total. The van der Waals surface area contributed by atoms with E-state index in [0.29, 0.717) is 22.0 Å². The number of piperidine rings is 3. The van der Waals surface area contributed by atoms with Gasteiger partial charge in [0.25, 0.3) is 0 Å². The van der Waals surface area contributed by atoms with E-state index in [0.717, 1.165) is 56.8 Å². The fourth-order valence-corrected chi connectivity index (χ4v) is 11.6. The fourth-order valence-electron chi connectivity index (χ4n) is 11.6. The Labute approximate surface area is 328 Å². The van der Waals surface area contributed by atoms with E-state index in [2.05, 4.69) is 118 Å². The number of benzene rings is 5. The standard InChI is InChI=1S/C45H51N3O.C6H6/c49-42-17-16-36(18-43-19-37(43)27-46(30-43)24-33-10-4-1-5-11-33)40(22-44-20-38(44)28-47(31-44)25-34-12-6-2-7-13-34)41(42)23-45-21-39(45)29-48(32-45)26-35-14-8-3-9-15-35;1-2-4-6-5-3-1/h1-17,37-39,49H,18-32H2;1-6H. The van der Waals surface area contributed by atoms with Crippen molar-refractivity contribution in [3.05, 3.63) is 173 Å². The number of likely N-dealkylation sites (tertiary alicyclic amines) is 3. The molecule has 6 unspecified atom stereocenters. The third-order valence-corrected chi connectivity index (χ3v) is 14.6. The molecule has 282 valence electrons. The van der Waals surface area contributed by atoms with Gasteiger partial charge < -0.3 is 5.11 Å². The maximum atomic E-state index is 11.7. The summed E-state index contributed by atoms with van der Waals surface area (Å²) < 4.78 is 0. The minimum Gasteiger partial charge on any atom is -0.508 e. The Morgan fingerprint density at radius 3 is 1.16 bits per heavy atom. The molecule has 4 nitrogen and oxygen atoms in total. The van der Waals surface area contributed by atoms with Gasteiger partial charge in [-0.2, -0.15) is 0 Å². The first-order valence-electron chi connectivity index (χ1n) is 21.1. The van der Waals surface area contributed by atoms with Crippen molar-refractivity contribution in [3.8, 4) is 5.75 Å². The minimum absolute atomic E-state index is 0.329. The van der Waals surface area contributed by atoms with Crippen LogP contribution in [0, 0.1) is 34.0 Å². The quantitative estimate of drug-likeness (QED) is 0.139. The van der Waals surface area contributed by atoms with Crippen molar-refractivity contribution < 1.29 is 5.11 Å². The van der Waals surface area contributed by atoms with Crippen LogP contribution in [0.15, 0.2) is 140 Å². The maximum Gasteiger partial charge on any atom is 0.119 e. The Morgan fingerprint density at radius 2 is 0.764 bits per heavy atom. The zero-order valence-corrected chi connectivity index (χ0v) is 32.4. The highest BCUT2D eigenvalue weighted by Gasteiger charge is 2.63. The lowest BCUT2D eigenvalue weighted by atomic mass is 9.81. The normalized spacial score (nSPS) is 30.2. The number of phenols is 1. The zero-order chi connectivity index (χ0) is 36.9. The number of hydrogen-bond acceptors (Lipinski definition) is 4. The molecule has 0 spiro atoms. The third-order valence-electron chi connectivity index (χ3n) is 14.6. The SMILES string of the molecule is Oc1ccc(CC23CC2CN(Cc2ccccc2)C3)c(CC23CC2CN(Cc2ccccc2)C3)c1CC12CC1CN(Cc1ccccc1)C2.c1ccccc1. The number of rotatable bonds is 12. The fraction of sp³-hybridized carbons (Fsp3) is 0.412. The monoisotopic (exact) mass is 727 g/mol. The van der Waals surface area contributed by atoms with Crippen molar-refractivity contribution in [2.75, 3.05) is 39.3 Å².